The summed E-state index contributed by atoms with van der Waals surface area (Å²) < 4.78 is 5.05. The minimum Gasteiger partial charge on any atom is -0.481 e. The predicted molar refractivity (Wildman–Crippen MR) is 160 cm³/mol. The number of aliphatic carboxylic acids is 1. The number of amides is 4. The molecule has 41 heavy (non-hydrogen) atoms. The number of benzene rings is 1. The van der Waals surface area contributed by atoms with Crippen molar-refractivity contribution >= 4 is 65.6 Å². The summed E-state index contributed by atoms with van der Waals surface area (Å²) in [5, 5.41) is 20.3. The number of hydrogen-bond donors (Lipinski definition) is 6. The SMILES string of the molecule is CC(C)COC(=O)N[C@@H](CCC(=O)O)C(=O)N[C@@H](CC(C)C)C(=O)N[C@@H](CS)C(=O)NCCc1c(Cl)cccc1Cl. The Balaban J connectivity index is 2.88. The number of carbonyl (C=O) groups is 5. The number of alkyl carbamates (subject to hydrolysis) is 1. The standard InChI is InChI=1S/C27H40Cl2N4O7S/c1-15(2)12-21(31-25(37)20(8-9-23(34)35)33-27(39)40-13-16(3)4)26(38)32-22(14-41)24(36)30-11-10-17-18(28)6-5-7-19(17)29/h5-7,15-16,20-22,41H,8-14H2,1-4H3,(H,30,36)(H,31,37)(H,32,38)(H,33,39)(H,34,35)/t20-,21-,22-/m0/s1. The van der Waals surface area contributed by atoms with Crippen molar-refractivity contribution < 1.29 is 33.8 Å². The number of halogens is 2. The zero-order valence-electron chi connectivity index (χ0n) is 23.7. The number of carboxylic acids is 1. The summed E-state index contributed by atoms with van der Waals surface area (Å²) in [6.45, 7) is 7.68. The summed E-state index contributed by atoms with van der Waals surface area (Å²) in [5.74, 6) is -3.02. The van der Waals surface area contributed by atoms with Gasteiger partial charge >= 0.3 is 12.1 Å². The van der Waals surface area contributed by atoms with Gasteiger partial charge in [-0.05, 0) is 48.8 Å². The summed E-state index contributed by atoms with van der Waals surface area (Å²) in [6.07, 6.45) is -0.907. The second kappa shape index (κ2) is 18.7. The maximum atomic E-state index is 13.2. The van der Waals surface area contributed by atoms with Crippen LogP contribution in [0.15, 0.2) is 18.2 Å². The fraction of sp³-hybridized carbons (Fsp3) is 0.593. The highest BCUT2D eigenvalue weighted by Gasteiger charge is 2.30. The van der Waals surface area contributed by atoms with E-state index in [0.29, 0.717) is 22.0 Å². The van der Waals surface area contributed by atoms with Crippen molar-refractivity contribution in [3.63, 3.8) is 0 Å². The molecule has 0 saturated heterocycles. The Morgan fingerprint density at radius 2 is 1.46 bits per heavy atom. The zero-order valence-corrected chi connectivity index (χ0v) is 26.1. The molecule has 0 heterocycles. The number of thiol groups is 1. The zero-order chi connectivity index (χ0) is 31.1. The number of carbonyl (C=O) groups excluding carboxylic acids is 4. The van der Waals surface area contributed by atoms with Crippen LogP contribution in [-0.4, -0.2) is 71.9 Å². The van der Waals surface area contributed by atoms with E-state index in [4.69, 9.17) is 33.0 Å². The van der Waals surface area contributed by atoms with E-state index in [2.05, 4.69) is 33.9 Å². The normalized spacial score (nSPS) is 13.2. The molecule has 1 rings (SSSR count). The quantitative estimate of drug-likeness (QED) is 0.143. The largest absolute Gasteiger partial charge is 0.481 e. The first-order valence-electron chi connectivity index (χ1n) is 13.3. The topological polar surface area (TPSA) is 163 Å². The van der Waals surface area contributed by atoms with E-state index in [9.17, 15) is 24.0 Å². The van der Waals surface area contributed by atoms with Gasteiger partial charge in [0.15, 0.2) is 0 Å². The van der Waals surface area contributed by atoms with Gasteiger partial charge in [-0.25, -0.2) is 4.79 Å². The molecule has 1 aromatic carbocycles. The van der Waals surface area contributed by atoms with E-state index in [1.165, 1.54) is 0 Å². The Labute approximate surface area is 256 Å². The van der Waals surface area contributed by atoms with Gasteiger partial charge in [-0.15, -0.1) is 0 Å². The van der Waals surface area contributed by atoms with Crippen LogP contribution in [0.25, 0.3) is 0 Å². The van der Waals surface area contributed by atoms with Crippen molar-refractivity contribution in [2.75, 3.05) is 18.9 Å². The average Bonchev–Trinajstić information content (AvgIpc) is 2.88. The van der Waals surface area contributed by atoms with Gasteiger partial charge < -0.3 is 31.1 Å². The van der Waals surface area contributed by atoms with E-state index in [-0.39, 0.29) is 43.6 Å². The van der Waals surface area contributed by atoms with E-state index < -0.39 is 54.3 Å². The number of carboxylic acid groups (broad SMARTS) is 1. The third kappa shape index (κ3) is 14.2. The van der Waals surface area contributed by atoms with E-state index >= 15 is 0 Å². The highest BCUT2D eigenvalue weighted by atomic mass is 35.5. The van der Waals surface area contributed by atoms with Crippen molar-refractivity contribution in [1.82, 2.24) is 21.3 Å². The third-order valence-corrected chi connectivity index (χ3v) is 6.77. The number of nitrogens with one attached hydrogen (secondary N) is 4. The Bertz CT molecular complexity index is 1040. The van der Waals surface area contributed by atoms with E-state index in [1.807, 2.05) is 27.7 Å². The molecule has 11 nitrogen and oxygen atoms in total. The Morgan fingerprint density at radius 3 is 2.00 bits per heavy atom. The maximum Gasteiger partial charge on any atom is 0.407 e. The first kappa shape index (κ1) is 36.3. The van der Waals surface area contributed by atoms with Gasteiger partial charge in [-0.1, -0.05) is 57.0 Å². The minimum atomic E-state index is -1.26. The molecule has 0 spiro atoms. The van der Waals surface area contributed by atoms with E-state index in [0.717, 1.165) is 0 Å². The van der Waals surface area contributed by atoms with Gasteiger partial charge in [0.05, 0.1) is 6.61 Å². The fourth-order valence-corrected chi connectivity index (χ4v) is 4.45. The van der Waals surface area contributed by atoms with Crippen LogP contribution in [0.4, 0.5) is 4.79 Å². The lowest BCUT2D eigenvalue weighted by Gasteiger charge is -2.25. The first-order chi connectivity index (χ1) is 19.2. The number of hydrogen-bond acceptors (Lipinski definition) is 7. The van der Waals surface area contributed by atoms with Gasteiger partial charge in [-0.2, -0.15) is 12.6 Å². The van der Waals surface area contributed by atoms with Crippen LogP contribution in [0.3, 0.4) is 0 Å². The lowest BCUT2D eigenvalue weighted by Crippen LogP contribution is -2.57. The van der Waals surface area contributed by atoms with E-state index in [1.54, 1.807) is 18.2 Å². The van der Waals surface area contributed by atoms with Gasteiger partial charge in [0.2, 0.25) is 17.7 Å². The first-order valence-corrected chi connectivity index (χ1v) is 14.7. The fourth-order valence-electron chi connectivity index (χ4n) is 3.61. The van der Waals surface area contributed by atoms with Crippen LogP contribution >= 0.6 is 35.8 Å². The molecule has 0 radical (unpaired) electrons. The highest BCUT2D eigenvalue weighted by Crippen LogP contribution is 2.24. The van der Waals surface area contributed by atoms with Gasteiger partial charge in [-0.3, -0.25) is 19.2 Å². The minimum absolute atomic E-state index is 0.0166. The maximum absolute atomic E-state index is 13.2. The van der Waals surface area contributed by atoms with Crippen LogP contribution in [-0.2, 0) is 30.3 Å². The molecule has 0 aliphatic rings. The smallest absolute Gasteiger partial charge is 0.407 e. The Morgan fingerprint density at radius 1 is 0.878 bits per heavy atom. The molecule has 1 aromatic rings. The summed E-state index contributed by atoms with van der Waals surface area (Å²) in [7, 11) is 0. The second-order valence-electron chi connectivity index (χ2n) is 10.3. The van der Waals surface area contributed by atoms with Gasteiger partial charge in [0.25, 0.3) is 0 Å². The number of rotatable bonds is 17. The summed E-state index contributed by atoms with van der Waals surface area (Å²) >= 11 is 16.5. The van der Waals surface area contributed by atoms with Gasteiger partial charge in [0, 0.05) is 28.8 Å². The molecule has 230 valence electrons. The summed E-state index contributed by atoms with van der Waals surface area (Å²) in [4.78, 5) is 62.3. The van der Waals surface area contributed by atoms with Crippen molar-refractivity contribution in [3.05, 3.63) is 33.8 Å². The van der Waals surface area contributed by atoms with Crippen LogP contribution in [0.1, 0.15) is 52.5 Å². The molecule has 0 bridgehead atoms. The molecular weight excluding hydrogens is 595 g/mol. The van der Waals surface area contributed by atoms with Crippen LogP contribution in [0.5, 0.6) is 0 Å². The summed E-state index contributed by atoms with van der Waals surface area (Å²) in [5.41, 5.74) is 0.682. The molecule has 0 aromatic heterocycles. The van der Waals surface area contributed by atoms with Crippen molar-refractivity contribution in [3.8, 4) is 0 Å². The third-order valence-electron chi connectivity index (χ3n) is 5.69. The number of ether oxygens (including phenoxy) is 1. The molecule has 0 aliphatic heterocycles. The highest BCUT2D eigenvalue weighted by molar-refractivity contribution is 7.80. The Kier molecular flexibility index (Phi) is 16.5. The van der Waals surface area contributed by atoms with Crippen molar-refractivity contribution in [2.45, 2.75) is 71.5 Å². The van der Waals surface area contributed by atoms with Gasteiger partial charge in [0.1, 0.15) is 18.1 Å². The predicted octanol–water partition coefficient (Wildman–Crippen LogP) is 3.21. The lowest BCUT2D eigenvalue weighted by molar-refractivity contribution is -0.137. The molecule has 0 aliphatic carbocycles. The monoisotopic (exact) mass is 634 g/mol. The molecule has 0 unspecified atom stereocenters. The lowest BCUT2D eigenvalue weighted by atomic mass is 10.0. The molecular formula is C27H40Cl2N4O7S. The molecule has 5 N–H and O–H groups in total. The molecule has 14 heteroatoms. The van der Waals surface area contributed by atoms with Crippen molar-refractivity contribution in [2.24, 2.45) is 11.8 Å². The molecule has 3 atom stereocenters. The van der Waals surface area contributed by atoms with Crippen LogP contribution in [0, 0.1) is 11.8 Å². The van der Waals surface area contributed by atoms with Crippen LogP contribution in [0.2, 0.25) is 10.0 Å². The van der Waals surface area contributed by atoms with Crippen molar-refractivity contribution in [1.29, 1.82) is 0 Å². The molecule has 0 saturated carbocycles. The van der Waals surface area contributed by atoms with Crippen LogP contribution < -0.4 is 21.3 Å². The average molecular weight is 636 g/mol. The second-order valence-corrected chi connectivity index (χ2v) is 11.5. The Hall–Kier alpha value is -2.70. The molecule has 4 amide bonds. The summed E-state index contributed by atoms with van der Waals surface area (Å²) in [6, 6.07) is 1.77. The molecule has 0 fully saturated rings.